The van der Waals surface area contributed by atoms with E-state index >= 15 is 0 Å². The molecule has 0 fully saturated rings. The molecule has 0 radical (unpaired) electrons. The Bertz CT molecular complexity index is 660. The molecule has 5 heteroatoms. The molecule has 0 aliphatic heterocycles. The minimum atomic E-state index is -1.04. The summed E-state index contributed by atoms with van der Waals surface area (Å²) in [6.45, 7) is 0. The smallest absolute Gasteiger partial charge is 0.337 e. The van der Waals surface area contributed by atoms with Crippen molar-refractivity contribution in [2.75, 3.05) is 5.73 Å². The first-order chi connectivity index (χ1) is 9.10. The second kappa shape index (κ2) is 5.46. The zero-order valence-electron chi connectivity index (χ0n) is 9.83. The molecular weight excluding hydrogens is 260 g/mol. The van der Waals surface area contributed by atoms with Crippen LogP contribution in [-0.2, 0) is 0 Å². The second-order valence-electron chi connectivity index (χ2n) is 3.79. The summed E-state index contributed by atoms with van der Waals surface area (Å²) in [5.41, 5.74) is 6.53. The van der Waals surface area contributed by atoms with Gasteiger partial charge in [0.05, 0.1) is 17.2 Å². The number of hydrogen-bond acceptors (Lipinski definition) is 4. The largest absolute Gasteiger partial charge is 0.478 e. The Morgan fingerprint density at radius 2 is 1.79 bits per heavy atom. The van der Waals surface area contributed by atoms with Gasteiger partial charge < -0.3 is 10.8 Å². The number of carbonyl (C=O) groups is 1. The molecule has 2 rings (SSSR count). The summed E-state index contributed by atoms with van der Waals surface area (Å²) in [5.74, 6) is -1.04. The van der Waals surface area contributed by atoms with Gasteiger partial charge in [0.2, 0.25) is 0 Å². The van der Waals surface area contributed by atoms with E-state index in [2.05, 4.69) is 0 Å². The molecule has 3 N–H and O–H groups in total. The number of nitrogen functional groups attached to an aromatic ring is 1. The normalized spacial score (nSPS) is 9.84. The molecule has 0 atom stereocenters. The van der Waals surface area contributed by atoms with Gasteiger partial charge in [-0.3, -0.25) is 0 Å². The lowest BCUT2D eigenvalue weighted by molar-refractivity contribution is 0.0698. The van der Waals surface area contributed by atoms with E-state index in [1.165, 1.54) is 11.8 Å². The van der Waals surface area contributed by atoms with Gasteiger partial charge in [0.1, 0.15) is 0 Å². The van der Waals surface area contributed by atoms with E-state index < -0.39 is 5.97 Å². The van der Waals surface area contributed by atoms with Crippen LogP contribution in [0.15, 0.2) is 52.3 Å². The van der Waals surface area contributed by atoms with E-state index in [1.807, 2.05) is 18.2 Å². The Hall–Kier alpha value is -2.45. The van der Waals surface area contributed by atoms with Crippen LogP contribution in [0.25, 0.3) is 0 Å². The maximum absolute atomic E-state index is 11.0. The van der Waals surface area contributed by atoms with Gasteiger partial charge in [-0.15, -0.1) is 0 Å². The minimum absolute atomic E-state index is 0.0960. The quantitative estimate of drug-likeness (QED) is 0.837. The van der Waals surface area contributed by atoms with Crippen LogP contribution in [0.1, 0.15) is 15.9 Å². The Labute approximate surface area is 114 Å². The average Bonchev–Trinajstić information content (AvgIpc) is 2.41. The first kappa shape index (κ1) is 13.0. The summed E-state index contributed by atoms with van der Waals surface area (Å²) >= 11 is 1.42. The van der Waals surface area contributed by atoms with Crippen LogP contribution < -0.4 is 5.73 Å². The van der Waals surface area contributed by atoms with E-state index in [4.69, 9.17) is 16.1 Å². The molecule has 0 saturated heterocycles. The van der Waals surface area contributed by atoms with Crippen molar-refractivity contribution in [3.63, 3.8) is 0 Å². The predicted octanol–water partition coefficient (Wildman–Crippen LogP) is 2.99. The molecule has 94 valence electrons. The summed E-state index contributed by atoms with van der Waals surface area (Å²) in [6.07, 6.45) is 0. The van der Waals surface area contributed by atoms with Crippen molar-refractivity contribution in [1.82, 2.24) is 0 Å². The molecule has 0 heterocycles. The van der Waals surface area contributed by atoms with E-state index in [0.717, 1.165) is 9.79 Å². The topological polar surface area (TPSA) is 87.1 Å². The fraction of sp³-hybridized carbons (Fsp3) is 0. The molecule has 0 bridgehead atoms. The number of carboxylic acid groups (broad SMARTS) is 1. The molecule has 2 aromatic rings. The van der Waals surface area contributed by atoms with Crippen LogP contribution in [0.3, 0.4) is 0 Å². The molecule has 0 saturated carbocycles. The van der Waals surface area contributed by atoms with Gasteiger partial charge in [-0.25, -0.2) is 4.79 Å². The number of benzene rings is 2. The van der Waals surface area contributed by atoms with Crippen LogP contribution >= 0.6 is 11.8 Å². The van der Waals surface area contributed by atoms with Crippen molar-refractivity contribution in [3.8, 4) is 6.07 Å². The number of aromatic carboxylic acids is 1. The summed E-state index contributed by atoms with van der Waals surface area (Å²) in [6, 6.07) is 14.0. The summed E-state index contributed by atoms with van der Waals surface area (Å²) in [4.78, 5) is 12.7. The number of nitrogens with zero attached hydrogens (tertiary/aromatic N) is 1. The first-order valence-corrected chi connectivity index (χ1v) is 6.22. The van der Waals surface area contributed by atoms with Crippen molar-refractivity contribution < 1.29 is 9.90 Å². The summed E-state index contributed by atoms with van der Waals surface area (Å²) in [7, 11) is 0. The van der Waals surface area contributed by atoms with E-state index in [9.17, 15) is 4.79 Å². The molecule has 0 aromatic heterocycles. The molecule has 4 nitrogen and oxygen atoms in total. The zero-order chi connectivity index (χ0) is 13.8. The Morgan fingerprint density at radius 3 is 2.37 bits per heavy atom. The van der Waals surface area contributed by atoms with Gasteiger partial charge in [0.15, 0.2) is 0 Å². The monoisotopic (exact) mass is 270 g/mol. The molecule has 19 heavy (non-hydrogen) atoms. The van der Waals surface area contributed by atoms with Crippen molar-refractivity contribution in [1.29, 1.82) is 5.26 Å². The van der Waals surface area contributed by atoms with Crippen molar-refractivity contribution in [2.24, 2.45) is 0 Å². The van der Waals surface area contributed by atoms with Crippen molar-refractivity contribution in [2.45, 2.75) is 9.79 Å². The second-order valence-corrected chi connectivity index (χ2v) is 4.94. The third-order valence-electron chi connectivity index (χ3n) is 2.47. The van der Waals surface area contributed by atoms with Gasteiger partial charge in [-0.2, -0.15) is 5.26 Å². The molecule has 2 aromatic carbocycles. The van der Waals surface area contributed by atoms with Gasteiger partial charge >= 0.3 is 5.97 Å². The standard InChI is InChI=1S/C14H10N2O2S/c15-8-9-1-3-10(4-2-9)19-11-5-6-13(16)12(7-11)14(17)18/h1-7H,16H2,(H,17,18). The number of nitriles is 1. The van der Waals surface area contributed by atoms with Crippen LogP contribution in [0.2, 0.25) is 0 Å². The van der Waals surface area contributed by atoms with Crippen LogP contribution in [0.5, 0.6) is 0 Å². The van der Waals surface area contributed by atoms with Crippen molar-refractivity contribution >= 4 is 23.4 Å². The third kappa shape index (κ3) is 3.06. The lowest BCUT2D eigenvalue weighted by atomic mass is 10.2. The predicted molar refractivity (Wildman–Crippen MR) is 73.1 cm³/mol. The highest BCUT2D eigenvalue weighted by Crippen LogP contribution is 2.30. The van der Waals surface area contributed by atoms with Gasteiger partial charge in [-0.05, 0) is 42.5 Å². The lowest BCUT2D eigenvalue weighted by Crippen LogP contribution is -2.01. The SMILES string of the molecule is N#Cc1ccc(Sc2ccc(N)c(C(=O)O)c2)cc1. The third-order valence-corrected chi connectivity index (χ3v) is 3.47. The fourth-order valence-corrected chi connectivity index (χ4v) is 2.37. The highest BCUT2D eigenvalue weighted by atomic mass is 32.2. The first-order valence-electron chi connectivity index (χ1n) is 5.41. The number of hydrogen-bond donors (Lipinski definition) is 2. The Kier molecular flexibility index (Phi) is 3.74. The van der Waals surface area contributed by atoms with Gasteiger partial charge in [-0.1, -0.05) is 11.8 Å². The highest BCUT2D eigenvalue weighted by molar-refractivity contribution is 7.99. The molecule has 0 unspecified atom stereocenters. The lowest BCUT2D eigenvalue weighted by Gasteiger charge is -2.05. The Balaban J connectivity index is 2.25. The van der Waals surface area contributed by atoms with Crippen LogP contribution in [-0.4, -0.2) is 11.1 Å². The average molecular weight is 270 g/mol. The van der Waals surface area contributed by atoms with Crippen LogP contribution in [0, 0.1) is 11.3 Å². The highest BCUT2D eigenvalue weighted by Gasteiger charge is 2.09. The molecule has 0 aliphatic carbocycles. The van der Waals surface area contributed by atoms with E-state index in [-0.39, 0.29) is 11.3 Å². The summed E-state index contributed by atoms with van der Waals surface area (Å²) < 4.78 is 0. The number of nitrogens with two attached hydrogens (primary N) is 1. The van der Waals surface area contributed by atoms with Crippen molar-refractivity contribution in [3.05, 3.63) is 53.6 Å². The number of carboxylic acids is 1. The molecule has 0 amide bonds. The van der Waals surface area contributed by atoms with Gasteiger partial charge in [0, 0.05) is 15.5 Å². The van der Waals surface area contributed by atoms with E-state index in [1.54, 1.807) is 30.3 Å². The molecule has 0 aliphatic rings. The summed E-state index contributed by atoms with van der Waals surface area (Å²) in [5, 5.41) is 17.7. The van der Waals surface area contributed by atoms with E-state index in [0.29, 0.717) is 5.56 Å². The van der Waals surface area contributed by atoms with Gasteiger partial charge in [0.25, 0.3) is 0 Å². The van der Waals surface area contributed by atoms with Crippen LogP contribution in [0.4, 0.5) is 5.69 Å². The molecular formula is C14H10N2O2S. The maximum atomic E-state index is 11.0. The number of rotatable bonds is 3. The Morgan fingerprint density at radius 1 is 1.16 bits per heavy atom. The maximum Gasteiger partial charge on any atom is 0.337 e. The number of anilines is 1. The zero-order valence-corrected chi connectivity index (χ0v) is 10.6. The fourth-order valence-electron chi connectivity index (χ4n) is 1.52. The minimum Gasteiger partial charge on any atom is -0.478 e. The molecule has 0 spiro atoms.